The lowest BCUT2D eigenvalue weighted by Gasteiger charge is -2.22. The molecule has 0 atom stereocenters. The van der Waals surface area contributed by atoms with Crippen molar-refractivity contribution in [1.82, 2.24) is 8.87 Å². The van der Waals surface area contributed by atoms with Crippen molar-refractivity contribution in [3.05, 3.63) is 89.4 Å². The standard InChI is InChI=1S/C23H22N2O4S2/c26-14-7-13-25(31(28,29)22-12-6-15-30-22)23(27)21-16-19-10-4-5-11-20(19)24(21)17-18-8-2-1-3-9-18/h1-6,8-12,15-16,26H,7,13-14,17H2. The average Bonchev–Trinajstić information content (AvgIpc) is 3.44. The van der Waals surface area contributed by atoms with Crippen LogP contribution in [0.5, 0.6) is 0 Å². The van der Waals surface area contributed by atoms with Gasteiger partial charge in [0.05, 0.1) is 0 Å². The number of para-hydroxylation sites is 1. The molecule has 0 radical (unpaired) electrons. The summed E-state index contributed by atoms with van der Waals surface area (Å²) in [6.45, 7) is 0.126. The Balaban J connectivity index is 1.82. The quantitative estimate of drug-likeness (QED) is 0.437. The Morgan fingerprint density at radius 3 is 2.45 bits per heavy atom. The van der Waals surface area contributed by atoms with Gasteiger partial charge in [-0.1, -0.05) is 54.6 Å². The van der Waals surface area contributed by atoms with Crippen LogP contribution >= 0.6 is 11.3 Å². The molecule has 0 unspecified atom stereocenters. The Hall–Kier alpha value is -2.94. The zero-order valence-corrected chi connectivity index (χ0v) is 18.3. The van der Waals surface area contributed by atoms with Gasteiger partial charge in [-0.3, -0.25) is 4.79 Å². The first-order valence-corrected chi connectivity index (χ1v) is 12.2. The van der Waals surface area contributed by atoms with Crippen molar-refractivity contribution in [2.45, 2.75) is 17.2 Å². The molecule has 0 spiro atoms. The number of fused-ring (bicyclic) bond motifs is 1. The molecule has 0 bridgehead atoms. The molecule has 0 saturated heterocycles. The molecule has 2 aromatic heterocycles. The summed E-state index contributed by atoms with van der Waals surface area (Å²) in [7, 11) is -4.03. The molecule has 2 heterocycles. The summed E-state index contributed by atoms with van der Waals surface area (Å²) in [5.74, 6) is -0.603. The summed E-state index contributed by atoms with van der Waals surface area (Å²) in [5.41, 5.74) is 2.15. The van der Waals surface area contributed by atoms with E-state index in [0.717, 1.165) is 32.1 Å². The van der Waals surface area contributed by atoms with Crippen LogP contribution in [0.15, 0.2) is 82.4 Å². The highest BCUT2D eigenvalue weighted by Crippen LogP contribution is 2.27. The van der Waals surface area contributed by atoms with Crippen molar-refractivity contribution in [3.63, 3.8) is 0 Å². The van der Waals surface area contributed by atoms with Crippen LogP contribution < -0.4 is 0 Å². The third kappa shape index (κ3) is 4.27. The molecular formula is C23H22N2O4S2. The van der Waals surface area contributed by atoms with Crippen molar-refractivity contribution in [3.8, 4) is 0 Å². The van der Waals surface area contributed by atoms with E-state index in [4.69, 9.17) is 0 Å². The van der Waals surface area contributed by atoms with Gasteiger partial charge in [0, 0.05) is 30.6 Å². The van der Waals surface area contributed by atoms with E-state index in [9.17, 15) is 18.3 Å². The molecule has 4 aromatic rings. The van der Waals surface area contributed by atoms with Gasteiger partial charge in [0.2, 0.25) is 0 Å². The number of carbonyl (C=O) groups excluding carboxylic acids is 1. The Labute approximate surface area is 185 Å². The van der Waals surface area contributed by atoms with E-state index < -0.39 is 15.9 Å². The van der Waals surface area contributed by atoms with Crippen LogP contribution in [0, 0.1) is 0 Å². The second-order valence-electron chi connectivity index (χ2n) is 7.05. The largest absolute Gasteiger partial charge is 0.396 e. The molecule has 0 aliphatic carbocycles. The number of rotatable bonds is 8. The smallest absolute Gasteiger partial charge is 0.284 e. The van der Waals surface area contributed by atoms with Crippen LogP contribution in [0.4, 0.5) is 0 Å². The number of hydrogen-bond donors (Lipinski definition) is 1. The molecule has 2 aromatic carbocycles. The normalized spacial score (nSPS) is 11.6. The first-order chi connectivity index (χ1) is 15.0. The fourth-order valence-electron chi connectivity index (χ4n) is 3.52. The van der Waals surface area contributed by atoms with Crippen LogP contribution in [-0.4, -0.2) is 41.5 Å². The van der Waals surface area contributed by atoms with Gasteiger partial charge in [0.1, 0.15) is 9.90 Å². The summed E-state index contributed by atoms with van der Waals surface area (Å²) < 4.78 is 29.3. The maximum absolute atomic E-state index is 13.6. The predicted octanol–water partition coefficient (Wildman–Crippen LogP) is 3.96. The molecule has 4 rings (SSSR count). The van der Waals surface area contributed by atoms with Crippen LogP contribution in [0.2, 0.25) is 0 Å². The summed E-state index contributed by atoms with van der Waals surface area (Å²) in [5, 5.41) is 11.8. The third-order valence-electron chi connectivity index (χ3n) is 5.00. The van der Waals surface area contributed by atoms with Crippen LogP contribution in [0.3, 0.4) is 0 Å². The van der Waals surface area contributed by atoms with Crippen molar-refractivity contribution >= 4 is 38.2 Å². The zero-order chi connectivity index (χ0) is 21.8. The Kier molecular flexibility index (Phi) is 6.22. The molecule has 6 nitrogen and oxygen atoms in total. The predicted molar refractivity (Wildman–Crippen MR) is 122 cm³/mol. The average molecular weight is 455 g/mol. The van der Waals surface area contributed by atoms with Gasteiger partial charge in [0.15, 0.2) is 0 Å². The number of aliphatic hydroxyl groups is 1. The number of hydrogen-bond acceptors (Lipinski definition) is 5. The van der Waals surface area contributed by atoms with E-state index in [-0.39, 0.29) is 23.8 Å². The Morgan fingerprint density at radius 1 is 1.00 bits per heavy atom. The maximum Gasteiger partial charge on any atom is 0.284 e. The molecule has 160 valence electrons. The minimum absolute atomic E-state index is 0.0948. The summed E-state index contributed by atoms with van der Waals surface area (Å²) in [6, 6.07) is 22.2. The monoisotopic (exact) mass is 454 g/mol. The highest BCUT2D eigenvalue weighted by atomic mass is 32.2. The number of amides is 1. The summed E-state index contributed by atoms with van der Waals surface area (Å²) >= 11 is 1.06. The zero-order valence-electron chi connectivity index (χ0n) is 16.7. The Bertz CT molecular complexity index is 1280. The minimum Gasteiger partial charge on any atom is -0.396 e. The third-order valence-corrected chi connectivity index (χ3v) is 8.15. The number of thiophene rings is 1. The molecule has 1 N–H and O–H groups in total. The first-order valence-electron chi connectivity index (χ1n) is 9.86. The number of carbonyl (C=O) groups is 1. The van der Waals surface area contributed by atoms with Crippen molar-refractivity contribution < 1.29 is 18.3 Å². The SMILES string of the molecule is O=C(c1cc2ccccc2n1Cc1ccccc1)N(CCCO)S(=O)(=O)c1cccs1. The first kappa shape index (κ1) is 21.3. The number of nitrogens with zero attached hydrogens (tertiary/aromatic N) is 2. The molecule has 0 fully saturated rings. The van der Waals surface area contributed by atoms with E-state index in [0.29, 0.717) is 12.2 Å². The summed E-state index contributed by atoms with van der Waals surface area (Å²) in [6.07, 6.45) is 0.162. The molecular weight excluding hydrogens is 432 g/mol. The second-order valence-corrected chi connectivity index (χ2v) is 10.1. The molecule has 1 amide bonds. The molecule has 31 heavy (non-hydrogen) atoms. The Morgan fingerprint density at radius 2 is 1.74 bits per heavy atom. The van der Waals surface area contributed by atoms with Crippen molar-refractivity contribution in [2.75, 3.05) is 13.2 Å². The minimum atomic E-state index is -4.03. The van der Waals surface area contributed by atoms with Gasteiger partial charge in [-0.05, 0) is 35.6 Å². The lowest BCUT2D eigenvalue weighted by Crippen LogP contribution is -2.38. The van der Waals surface area contributed by atoms with E-state index in [2.05, 4.69) is 0 Å². The second kappa shape index (κ2) is 9.05. The number of aliphatic hydroxyl groups excluding tert-OH is 1. The van der Waals surface area contributed by atoms with Gasteiger partial charge in [-0.2, -0.15) is 0 Å². The van der Waals surface area contributed by atoms with Gasteiger partial charge in [-0.25, -0.2) is 12.7 Å². The fourth-order valence-corrected chi connectivity index (χ4v) is 6.04. The topological polar surface area (TPSA) is 79.6 Å². The van der Waals surface area contributed by atoms with E-state index in [1.807, 2.05) is 59.2 Å². The number of aromatic nitrogens is 1. The van der Waals surface area contributed by atoms with Crippen LogP contribution in [0.25, 0.3) is 10.9 Å². The maximum atomic E-state index is 13.6. The van der Waals surface area contributed by atoms with Gasteiger partial charge >= 0.3 is 0 Å². The van der Waals surface area contributed by atoms with Crippen molar-refractivity contribution in [2.24, 2.45) is 0 Å². The van der Waals surface area contributed by atoms with Crippen molar-refractivity contribution in [1.29, 1.82) is 0 Å². The molecule has 0 aliphatic heterocycles. The van der Waals surface area contributed by atoms with Gasteiger partial charge < -0.3 is 9.67 Å². The van der Waals surface area contributed by atoms with Gasteiger partial charge in [0.25, 0.3) is 15.9 Å². The number of sulfonamides is 1. The fraction of sp³-hybridized carbons (Fsp3) is 0.174. The van der Waals surface area contributed by atoms with E-state index in [1.54, 1.807) is 17.5 Å². The highest BCUT2D eigenvalue weighted by molar-refractivity contribution is 7.91. The molecule has 0 aliphatic rings. The van der Waals surface area contributed by atoms with Crippen LogP contribution in [-0.2, 0) is 16.6 Å². The van der Waals surface area contributed by atoms with Gasteiger partial charge in [-0.15, -0.1) is 11.3 Å². The summed E-state index contributed by atoms with van der Waals surface area (Å²) in [4.78, 5) is 13.6. The molecule has 8 heteroatoms. The highest BCUT2D eigenvalue weighted by Gasteiger charge is 2.32. The van der Waals surface area contributed by atoms with E-state index in [1.165, 1.54) is 6.07 Å². The van der Waals surface area contributed by atoms with Crippen LogP contribution in [0.1, 0.15) is 22.5 Å². The number of benzene rings is 2. The van der Waals surface area contributed by atoms with E-state index >= 15 is 0 Å². The lowest BCUT2D eigenvalue weighted by atomic mass is 10.2. The lowest BCUT2D eigenvalue weighted by molar-refractivity contribution is 0.0846. The molecule has 0 saturated carbocycles.